The van der Waals surface area contributed by atoms with Crippen molar-refractivity contribution in [3.05, 3.63) is 64.4 Å². The highest BCUT2D eigenvalue weighted by molar-refractivity contribution is 6.31. The van der Waals surface area contributed by atoms with Gasteiger partial charge < -0.3 is 10.5 Å². The minimum Gasteiger partial charge on any atom is -0.489 e. The molecule has 0 aromatic heterocycles. The lowest BCUT2D eigenvalue weighted by Gasteiger charge is -2.14. The lowest BCUT2D eigenvalue weighted by molar-refractivity contribution is 0.301. The van der Waals surface area contributed by atoms with Crippen molar-refractivity contribution in [3.8, 4) is 5.75 Å². The maximum Gasteiger partial charge on any atom is 0.142 e. The number of hydrogen-bond donors (Lipinski definition) is 1. The van der Waals surface area contributed by atoms with Crippen LogP contribution in [-0.4, -0.2) is 0 Å². The van der Waals surface area contributed by atoms with Crippen LogP contribution >= 0.6 is 11.6 Å². The van der Waals surface area contributed by atoms with E-state index in [0.29, 0.717) is 11.3 Å². The molecule has 0 aliphatic carbocycles. The number of para-hydroxylation sites is 1. The van der Waals surface area contributed by atoms with E-state index in [2.05, 4.69) is 0 Å². The second-order valence-electron chi connectivity index (χ2n) is 4.33. The maximum absolute atomic E-state index is 13.3. The highest BCUT2D eigenvalue weighted by atomic mass is 35.5. The van der Waals surface area contributed by atoms with Crippen LogP contribution in [0.5, 0.6) is 5.75 Å². The number of rotatable bonds is 4. The van der Waals surface area contributed by atoms with Gasteiger partial charge in [0.25, 0.3) is 0 Å². The van der Waals surface area contributed by atoms with Gasteiger partial charge in [0.2, 0.25) is 0 Å². The van der Waals surface area contributed by atoms with Crippen LogP contribution in [0.2, 0.25) is 5.02 Å². The number of hydrogen-bond acceptors (Lipinski definition) is 2. The topological polar surface area (TPSA) is 35.2 Å². The Morgan fingerprint density at radius 1 is 1.21 bits per heavy atom. The normalized spacial score (nSPS) is 12.2. The van der Waals surface area contributed by atoms with Crippen molar-refractivity contribution >= 4 is 11.6 Å². The first kappa shape index (κ1) is 13.8. The third-order valence-corrected chi connectivity index (χ3v) is 3.25. The molecule has 0 amide bonds. The van der Waals surface area contributed by atoms with Crippen molar-refractivity contribution in [1.82, 2.24) is 0 Å². The van der Waals surface area contributed by atoms with Crippen molar-refractivity contribution in [2.75, 3.05) is 0 Å². The zero-order valence-corrected chi connectivity index (χ0v) is 11.3. The van der Waals surface area contributed by atoms with Gasteiger partial charge in [0, 0.05) is 17.2 Å². The van der Waals surface area contributed by atoms with Crippen molar-refractivity contribution in [3.63, 3.8) is 0 Å². The number of ether oxygens (including phenoxy) is 1. The second-order valence-corrected chi connectivity index (χ2v) is 4.71. The standard InChI is InChI=1S/C15H15ClFNO/c1-10(18)12-6-2-3-8-14(12)19-9-11-5-4-7-13(17)15(11)16/h2-8,10H,9,18H2,1H3/t10-/m1/s1. The van der Waals surface area contributed by atoms with E-state index in [-0.39, 0.29) is 17.7 Å². The van der Waals surface area contributed by atoms with E-state index in [4.69, 9.17) is 22.1 Å². The number of halogens is 2. The van der Waals surface area contributed by atoms with Crippen LogP contribution in [0.3, 0.4) is 0 Å². The van der Waals surface area contributed by atoms with Crippen LogP contribution in [0.25, 0.3) is 0 Å². The van der Waals surface area contributed by atoms with Gasteiger partial charge in [-0.15, -0.1) is 0 Å². The molecular formula is C15H15ClFNO. The predicted octanol–water partition coefficient (Wildman–Crippen LogP) is 4.08. The third-order valence-electron chi connectivity index (χ3n) is 2.82. The SMILES string of the molecule is C[C@@H](N)c1ccccc1OCc1cccc(F)c1Cl. The Morgan fingerprint density at radius 2 is 1.95 bits per heavy atom. The van der Waals surface area contributed by atoms with E-state index < -0.39 is 5.82 Å². The molecular weight excluding hydrogens is 265 g/mol. The van der Waals surface area contributed by atoms with E-state index in [1.165, 1.54) is 6.07 Å². The number of nitrogens with two attached hydrogens (primary N) is 1. The van der Waals surface area contributed by atoms with Crippen molar-refractivity contribution in [1.29, 1.82) is 0 Å². The molecule has 2 aromatic carbocycles. The van der Waals surface area contributed by atoms with Gasteiger partial charge in [-0.2, -0.15) is 0 Å². The molecule has 4 heteroatoms. The van der Waals surface area contributed by atoms with Crippen LogP contribution in [-0.2, 0) is 6.61 Å². The molecule has 19 heavy (non-hydrogen) atoms. The van der Waals surface area contributed by atoms with E-state index >= 15 is 0 Å². The monoisotopic (exact) mass is 279 g/mol. The molecule has 2 N–H and O–H groups in total. The van der Waals surface area contributed by atoms with Crippen LogP contribution in [0.1, 0.15) is 24.1 Å². The molecule has 2 aromatic rings. The van der Waals surface area contributed by atoms with Gasteiger partial charge in [-0.25, -0.2) is 4.39 Å². The van der Waals surface area contributed by atoms with Crippen molar-refractivity contribution < 1.29 is 9.13 Å². The van der Waals surface area contributed by atoms with Crippen molar-refractivity contribution in [2.24, 2.45) is 5.73 Å². The molecule has 2 rings (SSSR count). The summed E-state index contributed by atoms with van der Waals surface area (Å²) in [6.45, 7) is 2.09. The summed E-state index contributed by atoms with van der Waals surface area (Å²) in [5.41, 5.74) is 7.40. The van der Waals surface area contributed by atoms with Gasteiger partial charge in [0.05, 0.1) is 5.02 Å². The summed E-state index contributed by atoms with van der Waals surface area (Å²) in [6.07, 6.45) is 0. The molecule has 1 atom stereocenters. The Balaban J connectivity index is 2.17. The molecule has 0 spiro atoms. The summed E-state index contributed by atoms with van der Waals surface area (Å²) in [6, 6.07) is 12.1. The molecule has 0 aliphatic rings. The first-order valence-corrected chi connectivity index (χ1v) is 6.37. The molecule has 2 nitrogen and oxygen atoms in total. The average Bonchev–Trinajstić information content (AvgIpc) is 2.40. The summed E-state index contributed by atoms with van der Waals surface area (Å²) in [4.78, 5) is 0. The summed E-state index contributed by atoms with van der Waals surface area (Å²) in [7, 11) is 0. The Bertz CT molecular complexity index is 572. The Morgan fingerprint density at radius 3 is 2.68 bits per heavy atom. The van der Waals surface area contributed by atoms with E-state index in [1.54, 1.807) is 12.1 Å². The minimum atomic E-state index is -0.441. The Hall–Kier alpha value is -1.58. The highest BCUT2D eigenvalue weighted by Gasteiger charge is 2.10. The van der Waals surface area contributed by atoms with Gasteiger partial charge in [-0.05, 0) is 19.1 Å². The molecule has 0 bridgehead atoms. The van der Waals surface area contributed by atoms with Gasteiger partial charge >= 0.3 is 0 Å². The van der Waals surface area contributed by atoms with E-state index in [1.807, 2.05) is 31.2 Å². The summed E-state index contributed by atoms with van der Waals surface area (Å²) >= 11 is 5.88. The zero-order chi connectivity index (χ0) is 13.8. The summed E-state index contributed by atoms with van der Waals surface area (Å²) in [5.74, 6) is 0.251. The largest absolute Gasteiger partial charge is 0.489 e. The molecule has 0 heterocycles. The molecule has 0 unspecified atom stereocenters. The minimum absolute atomic E-state index is 0.0979. The summed E-state index contributed by atoms with van der Waals surface area (Å²) in [5, 5.41) is 0.0979. The zero-order valence-electron chi connectivity index (χ0n) is 10.6. The molecule has 0 aliphatic heterocycles. The predicted molar refractivity (Wildman–Crippen MR) is 74.8 cm³/mol. The Labute approximate surface area is 117 Å². The summed E-state index contributed by atoms with van der Waals surface area (Å²) < 4.78 is 19.0. The molecule has 0 saturated carbocycles. The van der Waals surface area contributed by atoms with Crippen molar-refractivity contribution in [2.45, 2.75) is 19.6 Å². The first-order valence-electron chi connectivity index (χ1n) is 6.00. The van der Waals surface area contributed by atoms with Crippen LogP contribution in [0, 0.1) is 5.82 Å². The maximum atomic E-state index is 13.3. The molecule has 100 valence electrons. The first-order chi connectivity index (χ1) is 9.09. The lowest BCUT2D eigenvalue weighted by atomic mass is 10.1. The fourth-order valence-electron chi connectivity index (χ4n) is 1.80. The molecule has 0 saturated heterocycles. The van der Waals surface area contributed by atoms with E-state index in [9.17, 15) is 4.39 Å². The van der Waals surface area contributed by atoms with Gasteiger partial charge in [0.15, 0.2) is 0 Å². The smallest absolute Gasteiger partial charge is 0.142 e. The van der Waals surface area contributed by atoms with Crippen LogP contribution < -0.4 is 10.5 Å². The molecule has 0 radical (unpaired) electrons. The van der Waals surface area contributed by atoms with Gasteiger partial charge in [-0.3, -0.25) is 0 Å². The molecule has 0 fully saturated rings. The van der Waals surface area contributed by atoms with Gasteiger partial charge in [-0.1, -0.05) is 41.9 Å². The van der Waals surface area contributed by atoms with Crippen LogP contribution in [0.15, 0.2) is 42.5 Å². The lowest BCUT2D eigenvalue weighted by Crippen LogP contribution is -2.08. The number of benzene rings is 2. The van der Waals surface area contributed by atoms with E-state index in [0.717, 1.165) is 5.56 Å². The van der Waals surface area contributed by atoms with Crippen LogP contribution in [0.4, 0.5) is 4.39 Å². The fraction of sp³-hybridized carbons (Fsp3) is 0.200. The fourth-order valence-corrected chi connectivity index (χ4v) is 1.98. The highest BCUT2D eigenvalue weighted by Crippen LogP contribution is 2.26. The second kappa shape index (κ2) is 6.04. The average molecular weight is 280 g/mol. The van der Waals surface area contributed by atoms with Gasteiger partial charge in [0.1, 0.15) is 18.2 Å². The third kappa shape index (κ3) is 3.25. The Kier molecular flexibility index (Phi) is 4.40. The quantitative estimate of drug-likeness (QED) is 0.915.